The first-order chi connectivity index (χ1) is 13.5. The van der Waals surface area contributed by atoms with Crippen LogP contribution in [-0.4, -0.2) is 30.5 Å². The standard InChI is InChI=1S/C21H27N3O3S/c1-14(25)23-18(15-7-9-16(27-2)10-8-15)13-20(26)22-12-11-21-24-17-5-3-4-6-19(17)28-21/h7-10,18H,3-6,11-13H2,1-2H3,(H,22,26)(H,23,25). The molecule has 2 aromatic rings. The van der Waals surface area contributed by atoms with Crippen molar-refractivity contribution in [1.82, 2.24) is 15.6 Å². The number of benzene rings is 1. The van der Waals surface area contributed by atoms with E-state index in [1.165, 1.54) is 30.3 Å². The number of fused-ring (bicyclic) bond motifs is 1. The molecule has 1 heterocycles. The van der Waals surface area contributed by atoms with E-state index in [1.807, 2.05) is 24.3 Å². The van der Waals surface area contributed by atoms with E-state index in [0.29, 0.717) is 6.54 Å². The van der Waals surface area contributed by atoms with E-state index in [9.17, 15) is 9.59 Å². The maximum Gasteiger partial charge on any atom is 0.222 e. The molecule has 1 unspecified atom stereocenters. The summed E-state index contributed by atoms with van der Waals surface area (Å²) >= 11 is 1.78. The summed E-state index contributed by atoms with van der Waals surface area (Å²) in [5, 5.41) is 6.91. The third kappa shape index (κ3) is 5.55. The van der Waals surface area contributed by atoms with Gasteiger partial charge in [0.2, 0.25) is 11.8 Å². The molecule has 0 saturated heterocycles. The van der Waals surface area contributed by atoms with Gasteiger partial charge in [0.15, 0.2) is 0 Å². The predicted molar refractivity (Wildman–Crippen MR) is 110 cm³/mol. The van der Waals surface area contributed by atoms with E-state index in [2.05, 4.69) is 10.6 Å². The van der Waals surface area contributed by atoms with Crippen LogP contribution in [0.25, 0.3) is 0 Å². The summed E-state index contributed by atoms with van der Waals surface area (Å²) in [4.78, 5) is 30.1. The molecule has 1 aliphatic rings. The molecule has 1 atom stereocenters. The maximum atomic E-state index is 12.4. The minimum Gasteiger partial charge on any atom is -0.497 e. The average molecular weight is 402 g/mol. The molecule has 7 heteroatoms. The lowest BCUT2D eigenvalue weighted by molar-refractivity contribution is -0.122. The number of methoxy groups -OCH3 is 1. The van der Waals surface area contributed by atoms with Gasteiger partial charge in [-0.25, -0.2) is 4.98 Å². The van der Waals surface area contributed by atoms with Crippen molar-refractivity contribution in [2.75, 3.05) is 13.7 Å². The number of amides is 2. The number of aromatic nitrogens is 1. The lowest BCUT2D eigenvalue weighted by atomic mass is 10.0. The molecule has 6 nitrogen and oxygen atoms in total. The van der Waals surface area contributed by atoms with Gasteiger partial charge in [-0.2, -0.15) is 0 Å². The summed E-state index contributed by atoms with van der Waals surface area (Å²) < 4.78 is 5.16. The highest BCUT2D eigenvalue weighted by Gasteiger charge is 2.18. The number of carbonyl (C=O) groups excluding carboxylic acids is 2. The molecule has 1 aromatic carbocycles. The second kappa shape index (κ2) is 9.68. The van der Waals surface area contributed by atoms with Gasteiger partial charge >= 0.3 is 0 Å². The molecule has 0 saturated carbocycles. The Bertz CT molecular complexity index is 793. The third-order valence-corrected chi connectivity index (χ3v) is 6.05. The van der Waals surface area contributed by atoms with Crippen molar-refractivity contribution in [3.05, 3.63) is 45.4 Å². The number of carbonyl (C=O) groups is 2. The number of ether oxygens (including phenoxy) is 1. The van der Waals surface area contributed by atoms with Gasteiger partial charge in [-0.15, -0.1) is 11.3 Å². The smallest absolute Gasteiger partial charge is 0.222 e. The van der Waals surface area contributed by atoms with Gasteiger partial charge in [-0.05, 0) is 43.4 Å². The Hall–Kier alpha value is -2.41. The number of hydrogen-bond acceptors (Lipinski definition) is 5. The van der Waals surface area contributed by atoms with Crippen LogP contribution in [0.5, 0.6) is 5.75 Å². The lowest BCUT2D eigenvalue weighted by Gasteiger charge is -2.18. The van der Waals surface area contributed by atoms with E-state index >= 15 is 0 Å². The van der Waals surface area contributed by atoms with Crippen LogP contribution in [0.4, 0.5) is 0 Å². The van der Waals surface area contributed by atoms with Crippen molar-refractivity contribution in [2.24, 2.45) is 0 Å². The summed E-state index contributed by atoms with van der Waals surface area (Å²) in [6, 6.07) is 7.02. The van der Waals surface area contributed by atoms with E-state index in [4.69, 9.17) is 9.72 Å². The fraction of sp³-hybridized carbons (Fsp3) is 0.476. The van der Waals surface area contributed by atoms with E-state index in [0.717, 1.165) is 35.6 Å². The molecule has 1 aliphatic carbocycles. The normalized spacial score (nSPS) is 14.1. The van der Waals surface area contributed by atoms with Crippen molar-refractivity contribution in [3.63, 3.8) is 0 Å². The lowest BCUT2D eigenvalue weighted by Crippen LogP contribution is -2.33. The molecule has 0 bridgehead atoms. The van der Waals surface area contributed by atoms with E-state index in [-0.39, 0.29) is 24.3 Å². The van der Waals surface area contributed by atoms with Crippen LogP contribution < -0.4 is 15.4 Å². The summed E-state index contributed by atoms with van der Waals surface area (Å²) in [7, 11) is 1.60. The molecule has 2 amide bonds. The topological polar surface area (TPSA) is 80.3 Å². The third-order valence-electron chi connectivity index (χ3n) is 4.84. The van der Waals surface area contributed by atoms with Crippen molar-refractivity contribution < 1.29 is 14.3 Å². The first-order valence-electron chi connectivity index (χ1n) is 9.70. The molecule has 0 spiro atoms. The highest BCUT2D eigenvalue weighted by atomic mass is 32.1. The number of hydrogen-bond donors (Lipinski definition) is 2. The highest BCUT2D eigenvalue weighted by molar-refractivity contribution is 7.11. The number of nitrogens with one attached hydrogen (secondary N) is 2. The number of thiazole rings is 1. The molecule has 0 aliphatic heterocycles. The van der Waals surface area contributed by atoms with Gasteiger partial charge in [-0.3, -0.25) is 9.59 Å². The van der Waals surface area contributed by atoms with Gasteiger partial charge in [0, 0.05) is 24.8 Å². The van der Waals surface area contributed by atoms with Crippen LogP contribution in [0.1, 0.15) is 53.4 Å². The summed E-state index contributed by atoms with van der Waals surface area (Å²) in [5.74, 6) is 0.485. The van der Waals surface area contributed by atoms with Gasteiger partial charge in [0.05, 0.1) is 30.3 Å². The Kier molecular flexibility index (Phi) is 7.03. The van der Waals surface area contributed by atoms with Crippen LogP contribution in [0.2, 0.25) is 0 Å². The maximum absolute atomic E-state index is 12.4. The van der Waals surface area contributed by atoms with Gasteiger partial charge in [0.25, 0.3) is 0 Å². The average Bonchev–Trinajstić information content (AvgIpc) is 3.10. The first-order valence-corrected chi connectivity index (χ1v) is 10.5. The fourth-order valence-electron chi connectivity index (χ4n) is 3.41. The Morgan fingerprint density at radius 2 is 1.96 bits per heavy atom. The minimum atomic E-state index is -0.365. The fourth-order valence-corrected chi connectivity index (χ4v) is 4.57. The SMILES string of the molecule is COc1ccc(C(CC(=O)NCCc2nc3c(s2)CCCC3)NC(C)=O)cc1. The summed E-state index contributed by atoms with van der Waals surface area (Å²) in [6.45, 7) is 2.01. The molecular weight excluding hydrogens is 374 g/mol. The molecule has 3 rings (SSSR count). The highest BCUT2D eigenvalue weighted by Crippen LogP contribution is 2.26. The van der Waals surface area contributed by atoms with Crippen LogP contribution >= 0.6 is 11.3 Å². The summed E-state index contributed by atoms with van der Waals surface area (Å²) in [5.41, 5.74) is 2.13. The van der Waals surface area contributed by atoms with Crippen LogP contribution in [0.15, 0.2) is 24.3 Å². The number of nitrogens with zero attached hydrogens (tertiary/aromatic N) is 1. The molecular formula is C21H27N3O3S. The Balaban J connectivity index is 1.52. The minimum absolute atomic E-state index is 0.0871. The quantitative estimate of drug-likeness (QED) is 0.713. The number of rotatable bonds is 8. The Morgan fingerprint density at radius 1 is 1.21 bits per heavy atom. The van der Waals surface area contributed by atoms with E-state index < -0.39 is 0 Å². The van der Waals surface area contributed by atoms with Crippen LogP contribution in [0.3, 0.4) is 0 Å². The van der Waals surface area contributed by atoms with Crippen molar-refractivity contribution in [2.45, 2.75) is 51.5 Å². The number of aryl methyl sites for hydroxylation is 2. The molecule has 0 radical (unpaired) electrons. The van der Waals surface area contributed by atoms with Crippen LogP contribution in [0, 0.1) is 0 Å². The molecule has 2 N–H and O–H groups in total. The molecule has 0 fully saturated rings. The van der Waals surface area contributed by atoms with Crippen molar-refractivity contribution in [3.8, 4) is 5.75 Å². The monoisotopic (exact) mass is 401 g/mol. The van der Waals surface area contributed by atoms with Gasteiger partial charge < -0.3 is 15.4 Å². The van der Waals surface area contributed by atoms with Crippen molar-refractivity contribution in [1.29, 1.82) is 0 Å². The largest absolute Gasteiger partial charge is 0.497 e. The molecule has 28 heavy (non-hydrogen) atoms. The summed E-state index contributed by atoms with van der Waals surface area (Å²) in [6.07, 6.45) is 5.64. The zero-order chi connectivity index (χ0) is 19.9. The zero-order valence-electron chi connectivity index (χ0n) is 16.4. The Labute approximate surface area is 169 Å². The van der Waals surface area contributed by atoms with Crippen molar-refractivity contribution >= 4 is 23.2 Å². The molecule has 150 valence electrons. The van der Waals surface area contributed by atoms with Gasteiger partial charge in [0.1, 0.15) is 5.75 Å². The Morgan fingerprint density at radius 3 is 2.64 bits per heavy atom. The van der Waals surface area contributed by atoms with Gasteiger partial charge in [-0.1, -0.05) is 12.1 Å². The molecule has 1 aromatic heterocycles. The second-order valence-electron chi connectivity index (χ2n) is 7.01. The first kappa shape index (κ1) is 20.3. The van der Waals surface area contributed by atoms with Crippen LogP contribution in [-0.2, 0) is 28.9 Å². The zero-order valence-corrected chi connectivity index (χ0v) is 17.2. The predicted octanol–water partition coefficient (Wildman–Crippen LogP) is 2.96. The van der Waals surface area contributed by atoms with E-state index in [1.54, 1.807) is 18.4 Å². The second-order valence-corrected chi connectivity index (χ2v) is 8.18.